The fraction of sp³-hybridized carbons (Fsp3) is 0.436. The molecule has 1 aliphatic rings. The van der Waals surface area contributed by atoms with Crippen LogP contribution in [0.4, 0.5) is 0 Å². The van der Waals surface area contributed by atoms with Crippen molar-refractivity contribution in [3.05, 3.63) is 59.2 Å². The number of halogens is 6. The van der Waals surface area contributed by atoms with Crippen molar-refractivity contribution in [3.8, 4) is 34.3 Å². The Morgan fingerprint density at radius 3 is 1.63 bits per heavy atom. The van der Waals surface area contributed by atoms with Crippen molar-refractivity contribution in [3.63, 3.8) is 0 Å². The standard InChI is InChI=1S/C21H28N6O3S.C18H21ClN4O3S.I3.I2/c1-6-30-18-8-7-16(31(28,29)27-11-9-25(4)10-12-27)13-17(18)21-22-15(3)20-19(23-21)14(2)24-26(20)5;1-5-7-14-16-17(23(4)22-14)11(3)20-18(21-16)13-10-12(27(19,24)25)8-9-15(13)26-6-2;1-3-2;1-2/h7-8,13H,6,9-12H2,1-5H3;8-10H,5-7H2,1-4H3;;/q;;-1;. The third-order valence-electron chi connectivity index (χ3n) is 9.80. The van der Waals surface area contributed by atoms with Gasteiger partial charge in [0.15, 0.2) is 11.6 Å². The van der Waals surface area contributed by atoms with E-state index in [1.54, 1.807) is 33.6 Å². The Labute approximate surface area is 427 Å². The second kappa shape index (κ2) is 24.8. The van der Waals surface area contributed by atoms with Gasteiger partial charge < -0.3 is 14.4 Å². The Morgan fingerprint density at radius 1 is 0.683 bits per heavy atom. The van der Waals surface area contributed by atoms with Crippen LogP contribution in [0.15, 0.2) is 46.2 Å². The quantitative estimate of drug-likeness (QED) is 0.107. The molecule has 346 valence electrons. The van der Waals surface area contributed by atoms with Gasteiger partial charge in [0.2, 0.25) is 10.0 Å². The molecular formula is C39H49ClI5N10O6S2-. The fourth-order valence-corrected chi connectivity index (χ4v) is 9.26. The average Bonchev–Trinajstić information content (AvgIpc) is 3.72. The number of hydrogen-bond donors (Lipinski definition) is 0. The van der Waals surface area contributed by atoms with Crippen molar-refractivity contribution in [2.75, 3.05) is 46.4 Å². The Balaban J connectivity index is 0.000000253. The number of likely N-dealkylation sites (N-methyl/N-ethyl adjacent to an activating group) is 1. The van der Waals surface area contributed by atoms with E-state index >= 15 is 0 Å². The topological polar surface area (TPSA) is 180 Å². The third kappa shape index (κ3) is 13.3. The number of ether oxygens (including phenoxy) is 2. The van der Waals surface area contributed by atoms with E-state index in [1.165, 1.54) is 16.4 Å². The normalized spacial score (nSPS) is 13.5. The Morgan fingerprint density at radius 2 is 1.14 bits per heavy atom. The number of nitrogens with zero attached hydrogens (tertiary/aromatic N) is 10. The predicted octanol–water partition coefficient (Wildman–Crippen LogP) is 6.15. The van der Waals surface area contributed by atoms with E-state index in [4.69, 9.17) is 30.1 Å². The molecule has 0 saturated carbocycles. The van der Waals surface area contributed by atoms with Gasteiger partial charge in [-0.25, -0.2) is 36.8 Å². The molecule has 0 spiro atoms. The fourth-order valence-electron chi connectivity index (χ4n) is 7.03. The van der Waals surface area contributed by atoms with E-state index in [1.807, 2.05) is 55.8 Å². The number of aromatic nitrogens is 8. The molecule has 0 N–H and O–H groups in total. The van der Waals surface area contributed by atoms with Crippen molar-refractivity contribution >= 4 is 126 Å². The summed E-state index contributed by atoms with van der Waals surface area (Å²) in [6.45, 7) is 14.7. The van der Waals surface area contributed by atoms with Crippen LogP contribution in [0.5, 0.6) is 11.5 Å². The monoisotopic (exact) mass is 1490 g/mol. The first-order chi connectivity index (χ1) is 29.9. The molecule has 0 unspecified atom stereocenters. The SMILES string of the molecule is CCCc1nn(C)c2c(C)nc(-c3cc(S(=O)(=O)Cl)ccc3OCC)nc12.CCOc1ccc(S(=O)(=O)N2CCN(C)CC2)cc1-c1nc(C)c2c(n1)c(C)nn2C.II.I[I-]I. The van der Waals surface area contributed by atoms with Gasteiger partial charge in [-0.1, -0.05) is 13.3 Å². The maximum absolute atomic E-state index is 13.3. The van der Waals surface area contributed by atoms with Crippen LogP contribution in [0.25, 0.3) is 44.8 Å². The molecule has 24 heteroatoms. The molecule has 63 heavy (non-hydrogen) atoms. The molecular weight excluding hydrogens is 1440 g/mol. The Kier molecular flexibility index (Phi) is 21.4. The molecule has 0 amide bonds. The minimum atomic E-state index is -3.89. The number of aryl methyl sites for hydroxylation is 6. The molecule has 1 saturated heterocycles. The van der Waals surface area contributed by atoms with Gasteiger partial charge in [0, 0.05) is 88.2 Å². The summed E-state index contributed by atoms with van der Waals surface area (Å²) in [7, 11) is 3.73. The summed E-state index contributed by atoms with van der Waals surface area (Å²) >= 11 is 9.54. The molecule has 5 heterocycles. The summed E-state index contributed by atoms with van der Waals surface area (Å²) in [5.74, 6) is 1.87. The molecule has 0 aliphatic carbocycles. The zero-order chi connectivity index (χ0) is 46.8. The van der Waals surface area contributed by atoms with Crippen molar-refractivity contribution in [1.82, 2.24) is 48.7 Å². The van der Waals surface area contributed by atoms with Gasteiger partial charge in [-0.15, -0.1) is 0 Å². The van der Waals surface area contributed by atoms with E-state index in [0.29, 0.717) is 86.9 Å². The van der Waals surface area contributed by atoms with E-state index in [2.05, 4.69) is 106 Å². The summed E-state index contributed by atoms with van der Waals surface area (Å²) in [5, 5.41) is 9.00. The first kappa shape index (κ1) is 54.5. The van der Waals surface area contributed by atoms with E-state index < -0.39 is 19.1 Å². The third-order valence-corrected chi connectivity index (χ3v) is 13.0. The average molecular weight is 1490 g/mol. The van der Waals surface area contributed by atoms with E-state index in [-0.39, 0.29) is 9.79 Å². The van der Waals surface area contributed by atoms with Crippen molar-refractivity contribution in [1.29, 1.82) is 0 Å². The number of benzene rings is 2. The molecule has 7 rings (SSSR count). The number of rotatable bonds is 11. The van der Waals surface area contributed by atoms with Crippen LogP contribution in [0, 0.1) is 20.8 Å². The number of fused-ring (bicyclic) bond motifs is 2. The van der Waals surface area contributed by atoms with Crippen LogP contribution in [-0.4, -0.2) is 112 Å². The van der Waals surface area contributed by atoms with Crippen LogP contribution in [0.3, 0.4) is 0 Å². The number of hydrogen-bond acceptors (Lipinski definition) is 13. The van der Waals surface area contributed by atoms with Crippen LogP contribution < -0.4 is 22.7 Å². The van der Waals surface area contributed by atoms with Crippen LogP contribution >= 0.6 is 85.1 Å². The summed E-state index contributed by atoms with van der Waals surface area (Å²) < 4.78 is 66.7. The summed E-state index contributed by atoms with van der Waals surface area (Å²) in [6, 6.07) is 9.36. The van der Waals surface area contributed by atoms with Crippen LogP contribution in [0.1, 0.15) is 50.0 Å². The second-order valence-corrected chi connectivity index (χ2v) is 34.8. The van der Waals surface area contributed by atoms with Gasteiger partial charge in [0.1, 0.15) is 33.6 Å². The second-order valence-electron chi connectivity index (χ2n) is 14.1. The first-order valence-corrected chi connectivity index (χ1v) is 42.1. The Hall–Kier alpha value is -1.10. The minimum absolute atomic E-state index is 0.0241. The summed E-state index contributed by atoms with van der Waals surface area (Å²) in [4.78, 5) is 21.0. The van der Waals surface area contributed by atoms with E-state index in [0.717, 1.165) is 57.7 Å². The summed E-state index contributed by atoms with van der Waals surface area (Å²) in [5.41, 5.74) is 7.50. The molecule has 0 bridgehead atoms. The van der Waals surface area contributed by atoms with Crippen molar-refractivity contribution < 1.29 is 39.6 Å². The van der Waals surface area contributed by atoms with Gasteiger partial charge in [-0.2, -0.15) is 14.5 Å². The van der Waals surface area contributed by atoms with Gasteiger partial charge >= 0.3 is 50.5 Å². The molecule has 2 aromatic carbocycles. The van der Waals surface area contributed by atoms with Gasteiger partial charge in [-0.3, -0.25) is 9.36 Å². The zero-order valence-electron chi connectivity index (χ0n) is 36.1. The zero-order valence-corrected chi connectivity index (χ0v) is 49.3. The molecule has 0 atom stereocenters. The Bertz CT molecular complexity index is 2750. The summed E-state index contributed by atoms with van der Waals surface area (Å²) in [6.07, 6.45) is 1.73. The van der Waals surface area contributed by atoms with Crippen molar-refractivity contribution in [2.45, 2.75) is 64.2 Å². The molecule has 0 radical (unpaired) electrons. The maximum atomic E-state index is 13.3. The van der Waals surface area contributed by atoms with Crippen molar-refractivity contribution in [2.24, 2.45) is 14.1 Å². The number of sulfonamides is 1. The molecule has 16 nitrogen and oxygen atoms in total. The van der Waals surface area contributed by atoms with Gasteiger partial charge in [-0.05, 0) is 84.5 Å². The van der Waals surface area contributed by atoms with Gasteiger partial charge in [0.05, 0.1) is 56.9 Å². The van der Waals surface area contributed by atoms with Gasteiger partial charge in [0.25, 0.3) is 9.05 Å². The van der Waals surface area contributed by atoms with E-state index in [9.17, 15) is 16.8 Å². The van der Waals surface area contributed by atoms with Crippen LogP contribution in [-0.2, 0) is 39.6 Å². The first-order valence-electron chi connectivity index (χ1n) is 19.5. The number of piperazine rings is 1. The molecule has 1 aliphatic heterocycles. The molecule has 6 aromatic rings. The molecule has 4 aromatic heterocycles. The van der Waals surface area contributed by atoms with Crippen LogP contribution in [0.2, 0.25) is 0 Å². The molecule has 1 fully saturated rings. The predicted molar refractivity (Wildman–Crippen MR) is 279 cm³/mol.